The topological polar surface area (TPSA) is 53.4 Å². The molecule has 0 saturated heterocycles. The van der Waals surface area contributed by atoms with Crippen molar-refractivity contribution in [2.75, 3.05) is 18.5 Å². The van der Waals surface area contributed by atoms with Crippen LogP contribution < -0.4 is 4.90 Å². The lowest BCUT2D eigenvalue weighted by atomic mass is 10.0. The molecule has 1 heterocycles. The van der Waals surface area contributed by atoms with Crippen molar-refractivity contribution < 1.29 is 9.90 Å². The second-order valence-corrected chi connectivity index (χ2v) is 4.86. The molecular formula is C13H18N2O2. The molecule has 0 spiro atoms. The molecule has 0 aromatic carbocycles. The summed E-state index contributed by atoms with van der Waals surface area (Å²) in [5.41, 5.74) is 0.00136. The van der Waals surface area contributed by atoms with Crippen LogP contribution in [-0.4, -0.2) is 35.6 Å². The van der Waals surface area contributed by atoms with Gasteiger partial charge in [0.05, 0.1) is 5.60 Å². The number of aromatic nitrogens is 1. The van der Waals surface area contributed by atoms with E-state index in [1.165, 1.54) is 0 Å². The van der Waals surface area contributed by atoms with Crippen molar-refractivity contribution in [2.45, 2.75) is 31.3 Å². The first-order chi connectivity index (χ1) is 8.13. The monoisotopic (exact) mass is 234 g/mol. The Morgan fingerprint density at radius 3 is 2.71 bits per heavy atom. The maximum absolute atomic E-state index is 10.5. The van der Waals surface area contributed by atoms with Crippen LogP contribution in [0.25, 0.3) is 0 Å². The van der Waals surface area contributed by atoms with Crippen LogP contribution in [0.1, 0.15) is 36.0 Å². The van der Waals surface area contributed by atoms with Gasteiger partial charge < -0.3 is 10.0 Å². The van der Waals surface area contributed by atoms with Gasteiger partial charge >= 0.3 is 0 Å². The van der Waals surface area contributed by atoms with E-state index in [9.17, 15) is 9.90 Å². The Morgan fingerprint density at radius 1 is 1.47 bits per heavy atom. The van der Waals surface area contributed by atoms with Gasteiger partial charge in [-0.25, -0.2) is 4.98 Å². The third-order valence-corrected chi connectivity index (χ3v) is 3.36. The lowest BCUT2D eigenvalue weighted by Crippen LogP contribution is -2.39. The maximum atomic E-state index is 10.5. The van der Waals surface area contributed by atoms with E-state index < -0.39 is 5.60 Å². The Morgan fingerprint density at radius 2 is 2.18 bits per heavy atom. The molecule has 17 heavy (non-hydrogen) atoms. The van der Waals surface area contributed by atoms with E-state index in [0.29, 0.717) is 12.1 Å². The number of carbonyl (C=O) groups is 1. The van der Waals surface area contributed by atoms with Crippen molar-refractivity contribution in [2.24, 2.45) is 0 Å². The zero-order valence-electron chi connectivity index (χ0n) is 10.1. The molecule has 0 radical (unpaired) electrons. The second kappa shape index (κ2) is 4.84. The van der Waals surface area contributed by atoms with Crippen LogP contribution in [0.3, 0.4) is 0 Å². The van der Waals surface area contributed by atoms with E-state index in [0.717, 1.165) is 37.8 Å². The Balaban J connectivity index is 2.03. The quantitative estimate of drug-likeness (QED) is 0.805. The molecule has 0 bridgehead atoms. The third-order valence-electron chi connectivity index (χ3n) is 3.36. The molecule has 0 amide bonds. The number of aliphatic hydroxyl groups is 1. The Hall–Kier alpha value is -1.42. The molecule has 2 rings (SSSR count). The highest BCUT2D eigenvalue weighted by molar-refractivity contribution is 5.74. The van der Waals surface area contributed by atoms with E-state index >= 15 is 0 Å². The summed E-state index contributed by atoms with van der Waals surface area (Å²) in [5, 5.41) is 10.3. The van der Waals surface area contributed by atoms with Crippen LogP contribution in [0.2, 0.25) is 0 Å². The van der Waals surface area contributed by atoms with Crippen molar-refractivity contribution in [3.63, 3.8) is 0 Å². The maximum Gasteiger partial charge on any atom is 0.151 e. The van der Waals surface area contributed by atoms with Gasteiger partial charge in [-0.2, -0.15) is 0 Å². The van der Waals surface area contributed by atoms with Gasteiger partial charge in [-0.05, 0) is 25.0 Å². The molecule has 1 N–H and O–H groups in total. The van der Waals surface area contributed by atoms with Gasteiger partial charge in [-0.3, -0.25) is 4.79 Å². The average molecular weight is 234 g/mol. The van der Waals surface area contributed by atoms with Crippen LogP contribution in [0.5, 0.6) is 0 Å². The normalized spacial score (nSPS) is 18.0. The largest absolute Gasteiger partial charge is 0.388 e. The van der Waals surface area contributed by atoms with E-state index in [2.05, 4.69) is 4.98 Å². The number of nitrogens with zero attached hydrogens (tertiary/aromatic N) is 2. The number of rotatable bonds is 4. The lowest BCUT2D eigenvalue weighted by Gasteiger charge is -2.29. The molecule has 1 aliphatic rings. The van der Waals surface area contributed by atoms with Crippen LogP contribution in [0.15, 0.2) is 18.3 Å². The number of pyridine rings is 1. The molecule has 1 fully saturated rings. The number of likely N-dealkylation sites (N-methyl/N-ethyl adjacent to an activating group) is 1. The molecule has 1 aromatic heterocycles. The minimum atomic E-state index is -0.570. The summed E-state index contributed by atoms with van der Waals surface area (Å²) in [5.74, 6) is 0.788. The summed E-state index contributed by atoms with van der Waals surface area (Å²) in [4.78, 5) is 16.7. The molecule has 1 aliphatic carbocycles. The standard InChI is InChI=1S/C13H18N2O2/c1-15(10-13(17)6-2-3-7-13)12-5-4-11(9-16)8-14-12/h4-5,8-9,17H,2-3,6-7,10H2,1H3. The third kappa shape index (κ3) is 2.82. The van der Waals surface area contributed by atoms with Crippen molar-refractivity contribution in [1.29, 1.82) is 0 Å². The molecule has 1 aromatic rings. The summed E-state index contributed by atoms with van der Waals surface area (Å²) < 4.78 is 0. The van der Waals surface area contributed by atoms with E-state index in [1.807, 2.05) is 18.0 Å². The van der Waals surface area contributed by atoms with Crippen molar-refractivity contribution in [1.82, 2.24) is 4.98 Å². The van der Waals surface area contributed by atoms with Gasteiger partial charge in [-0.1, -0.05) is 12.8 Å². The summed E-state index contributed by atoms with van der Waals surface area (Å²) in [6, 6.07) is 3.55. The zero-order valence-corrected chi connectivity index (χ0v) is 10.1. The van der Waals surface area contributed by atoms with Gasteiger partial charge in [0.15, 0.2) is 6.29 Å². The van der Waals surface area contributed by atoms with Crippen LogP contribution in [-0.2, 0) is 0 Å². The zero-order chi connectivity index (χ0) is 12.3. The van der Waals surface area contributed by atoms with Crippen LogP contribution in [0, 0.1) is 0 Å². The van der Waals surface area contributed by atoms with Crippen molar-refractivity contribution >= 4 is 12.1 Å². The molecule has 4 heteroatoms. The molecular weight excluding hydrogens is 216 g/mol. The number of carbonyl (C=O) groups excluding carboxylic acids is 1. The summed E-state index contributed by atoms with van der Waals surface area (Å²) in [6.07, 6.45) is 6.26. The number of aldehydes is 1. The van der Waals surface area contributed by atoms with Gasteiger partial charge in [0.2, 0.25) is 0 Å². The Labute approximate surface area is 101 Å². The number of hydrogen-bond donors (Lipinski definition) is 1. The van der Waals surface area contributed by atoms with Crippen LogP contribution >= 0.6 is 0 Å². The van der Waals surface area contributed by atoms with E-state index in [1.54, 1.807) is 12.3 Å². The molecule has 0 atom stereocenters. The van der Waals surface area contributed by atoms with Gasteiger partial charge in [0.25, 0.3) is 0 Å². The van der Waals surface area contributed by atoms with Gasteiger partial charge in [0.1, 0.15) is 5.82 Å². The Bertz CT molecular complexity index is 383. The molecule has 4 nitrogen and oxygen atoms in total. The van der Waals surface area contributed by atoms with Gasteiger partial charge in [0, 0.05) is 25.4 Å². The smallest absolute Gasteiger partial charge is 0.151 e. The highest BCUT2D eigenvalue weighted by Gasteiger charge is 2.32. The highest BCUT2D eigenvalue weighted by atomic mass is 16.3. The van der Waals surface area contributed by atoms with Crippen molar-refractivity contribution in [3.8, 4) is 0 Å². The van der Waals surface area contributed by atoms with E-state index in [4.69, 9.17) is 0 Å². The molecule has 1 saturated carbocycles. The summed E-state index contributed by atoms with van der Waals surface area (Å²) in [6.45, 7) is 0.598. The summed E-state index contributed by atoms with van der Waals surface area (Å²) in [7, 11) is 1.92. The molecule has 92 valence electrons. The minimum absolute atomic E-state index is 0.570. The van der Waals surface area contributed by atoms with E-state index in [-0.39, 0.29) is 0 Å². The minimum Gasteiger partial charge on any atom is -0.388 e. The number of hydrogen-bond acceptors (Lipinski definition) is 4. The fraction of sp³-hybridized carbons (Fsp3) is 0.538. The van der Waals surface area contributed by atoms with Crippen LogP contribution in [0.4, 0.5) is 5.82 Å². The number of anilines is 1. The fourth-order valence-corrected chi connectivity index (χ4v) is 2.41. The first kappa shape index (κ1) is 12.0. The predicted molar refractivity (Wildman–Crippen MR) is 66.3 cm³/mol. The van der Waals surface area contributed by atoms with Gasteiger partial charge in [-0.15, -0.1) is 0 Å². The summed E-state index contributed by atoms with van der Waals surface area (Å²) >= 11 is 0. The Kier molecular flexibility index (Phi) is 3.43. The predicted octanol–water partition coefficient (Wildman–Crippen LogP) is 1.64. The lowest BCUT2D eigenvalue weighted by molar-refractivity contribution is 0.0558. The second-order valence-electron chi connectivity index (χ2n) is 4.86. The molecule has 0 unspecified atom stereocenters. The first-order valence-electron chi connectivity index (χ1n) is 5.98. The SMILES string of the molecule is CN(CC1(O)CCCC1)c1ccc(C=O)cn1. The average Bonchev–Trinajstić information content (AvgIpc) is 2.76. The van der Waals surface area contributed by atoms with Crippen molar-refractivity contribution in [3.05, 3.63) is 23.9 Å². The molecule has 0 aliphatic heterocycles. The fourth-order valence-electron chi connectivity index (χ4n) is 2.41. The first-order valence-corrected chi connectivity index (χ1v) is 5.98. The highest BCUT2D eigenvalue weighted by Crippen LogP contribution is 2.30.